The highest BCUT2D eigenvalue weighted by Crippen LogP contribution is 2.27. The van der Waals surface area contributed by atoms with E-state index in [0.29, 0.717) is 22.8 Å². The number of primary amides is 1. The summed E-state index contributed by atoms with van der Waals surface area (Å²) in [6.45, 7) is 1.74. The summed E-state index contributed by atoms with van der Waals surface area (Å²) in [5.41, 5.74) is 6.84. The zero-order valence-corrected chi connectivity index (χ0v) is 11.4. The number of carbonyl (C=O) groups is 1. The van der Waals surface area contributed by atoms with Crippen LogP contribution in [0, 0.1) is 0 Å². The third-order valence-electron chi connectivity index (χ3n) is 2.86. The first-order valence-electron chi connectivity index (χ1n) is 5.57. The van der Waals surface area contributed by atoms with E-state index in [1.807, 2.05) is 12.1 Å². The standard InChI is InChI=1S/C12H13Cl2N3O/c1-7(12(15)18)17-9-4-2-3-8(14)11(9)16-10(17)5-6-13/h2-4,7H,5-6H2,1H3,(H2,15,18). The van der Waals surface area contributed by atoms with E-state index in [1.165, 1.54) is 0 Å². The monoisotopic (exact) mass is 285 g/mol. The van der Waals surface area contributed by atoms with Crippen molar-refractivity contribution in [3.8, 4) is 0 Å². The van der Waals surface area contributed by atoms with Gasteiger partial charge in [0, 0.05) is 12.3 Å². The largest absolute Gasteiger partial charge is 0.368 e. The third kappa shape index (κ3) is 2.18. The number of nitrogens with two attached hydrogens (primary N) is 1. The fraction of sp³-hybridized carbons (Fsp3) is 0.333. The quantitative estimate of drug-likeness (QED) is 0.878. The fourth-order valence-corrected chi connectivity index (χ4v) is 2.33. The van der Waals surface area contributed by atoms with E-state index in [4.69, 9.17) is 28.9 Å². The van der Waals surface area contributed by atoms with Crippen LogP contribution in [0.15, 0.2) is 18.2 Å². The SMILES string of the molecule is CC(C(N)=O)n1c(CCCl)nc2c(Cl)cccc21. The first kappa shape index (κ1) is 13.2. The number of hydrogen-bond acceptors (Lipinski definition) is 2. The van der Waals surface area contributed by atoms with E-state index in [0.717, 1.165) is 11.3 Å². The van der Waals surface area contributed by atoms with E-state index in [2.05, 4.69) is 4.98 Å². The van der Waals surface area contributed by atoms with Crippen molar-refractivity contribution in [3.63, 3.8) is 0 Å². The molecule has 0 aliphatic carbocycles. The summed E-state index contributed by atoms with van der Waals surface area (Å²) in [7, 11) is 0. The number of fused-ring (bicyclic) bond motifs is 1. The van der Waals surface area contributed by atoms with Gasteiger partial charge in [0.2, 0.25) is 5.91 Å². The summed E-state index contributed by atoms with van der Waals surface area (Å²) in [5.74, 6) is 0.733. The highest BCUT2D eigenvalue weighted by molar-refractivity contribution is 6.34. The molecule has 1 aromatic heterocycles. The Kier molecular flexibility index (Phi) is 3.78. The molecule has 0 aliphatic heterocycles. The predicted octanol–water partition coefficient (Wildman–Crippen LogP) is 2.52. The average molecular weight is 286 g/mol. The highest BCUT2D eigenvalue weighted by atomic mass is 35.5. The molecule has 1 atom stereocenters. The average Bonchev–Trinajstić information content (AvgIpc) is 2.68. The Bertz CT molecular complexity index is 594. The smallest absolute Gasteiger partial charge is 0.240 e. The Balaban J connectivity index is 2.70. The van der Waals surface area contributed by atoms with E-state index >= 15 is 0 Å². The van der Waals surface area contributed by atoms with E-state index in [-0.39, 0.29) is 0 Å². The zero-order valence-electron chi connectivity index (χ0n) is 9.86. The van der Waals surface area contributed by atoms with Crippen LogP contribution in [0.25, 0.3) is 11.0 Å². The first-order chi connectivity index (χ1) is 8.56. The van der Waals surface area contributed by atoms with Crippen LogP contribution in [0.3, 0.4) is 0 Å². The van der Waals surface area contributed by atoms with Gasteiger partial charge in [0.05, 0.1) is 10.5 Å². The van der Waals surface area contributed by atoms with Crippen LogP contribution in [0.2, 0.25) is 5.02 Å². The summed E-state index contributed by atoms with van der Waals surface area (Å²) >= 11 is 11.9. The van der Waals surface area contributed by atoms with Gasteiger partial charge in [0.15, 0.2) is 0 Å². The minimum Gasteiger partial charge on any atom is -0.368 e. The normalized spacial score (nSPS) is 12.8. The third-order valence-corrected chi connectivity index (χ3v) is 3.36. The Hall–Kier alpha value is -1.26. The van der Waals surface area contributed by atoms with Crippen molar-refractivity contribution in [2.75, 3.05) is 5.88 Å². The van der Waals surface area contributed by atoms with Gasteiger partial charge in [0.1, 0.15) is 17.4 Å². The maximum atomic E-state index is 11.4. The van der Waals surface area contributed by atoms with Gasteiger partial charge in [-0.05, 0) is 19.1 Å². The molecule has 1 aromatic carbocycles. The van der Waals surface area contributed by atoms with Crippen LogP contribution >= 0.6 is 23.2 Å². The second-order valence-corrected chi connectivity index (χ2v) is 4.81. The first-order valence-corrected chi connectivity index (χ1v) is 6.48. The molecule has 0 saturated heterocycles. The van der Waals surface area contributed by atoms with Crippen LogP contribution in [-0.4, -0.2) is 21.3 Å². The number of benzene rings is 1. The Morgan fingerprint density at radius 1 is 1.56 bits per heavy atom. The van der Waals surface area contributed by atoms with E-state index in [1.54, 1.807) is 17.6 Å². The lowest BCUT2D eigenvalue weighted by molar-refractivity contribution is -0.120. The van der Waals surface area contributed by atoms with Gasteiger partial charge in [-0.25, -0.2) is 4.98 Å². The predicted molar refractivity (Wildman–Crippen MR) is 73.1 cm³/mol. The number of amides is 1. The van der Waals surface area contributed by atoms with Crippen LogP contribution in [-0.2, 0) is 11.2 Å². The molecule has 0 bridgehead atoms. The van der Waals surface area contributed by atoms with Gasteiger partial charge in [-0.1, -0.05) is 17.7 Å². The van der Waals surface area contributed by atoms with E-state index < -0.39 is 11.9 Å². The second-order valence-electron chi connectivity index (χ2n) is 4.02. The van der Waals surface area contributed by atoms with Crippen LogP contribution in [0.4, 0.5) is 0 Å². The number of carbonyl (C=O) groups excluding carboxylic acids is 1. The second kappa shape index (κ2) is 5.16. The molecule has 0 radical (unpaired) electrons. The maximum absolute atomic E-state index is 11.4. The molecule has 1 heterocycles. The van der Waals surface area contributed by atoms with Gasteiger partial charge in [-0.3, -0.25) is 4.79 Å². The molecule has 0 spiro atoms. The molecule has 18 heavy (non-hydrogen) atoms. The molecule has 0 saturated carbocycles. The van der Waals surface area contributed by atoms with Gasteiger partial charge in [0.25, 0.3) is 0 Å². The number of alkyl halides is 1. The van der Waals surface area contributed by atoms with Crippen molar-refractivity contribution >= 4 is 40.1 Å². The molecule has 2 rings (SSSR count). The summed E-state index contributed by atoms with van der Waals surface area (Å²) < 4.78 is 1.80. The number of aryl methyl sites for hydroxylation is 1. The Labute approximate surface area is 115 Å². The van der Waals surface area contributed by atoms with Crippen molar-refractivity contribution < 1.29 is 4.79 Å². The number of imidazole rings is 1. The fourth-order valence-electron chi connectivity index (χ4n) is 1.95. The summed E-state index contributed by atoms with van der Waals surface area (Å²) in [6, 6.07) is 4.97. The molecule has 6 heteroatoms. The highest BCUT2D eigenvalue weighted by Gasteiger charge is 2.20. The number of nitrogens with zero attached hydrogens (tertiary/aromatic N) is 2. The topological polar surface area (TPSA) is 60.9 Å². The molecule has 1 unspecified atom stereocenters. The van der Waals surface area contributed by atoms with Crippen LogP contribution < -0.4 is 5.73 Å². The lowest BCUT2D eigenvalue weighted by atomic mass is 10.2. The van der Waals surface area contributed by atoms with Crippen molar-refractivity contribution in [1.29, 1.82) is 0 Å². The molecular weight excluding hydrogens is 273 g/mol. The minimum absolute atomic E-state index is 0.412. The van der Waals surface area contributed by atoms with E-state index in [9.17, 15) is 4.79 Å². The van der Waals surface area contributed by atoms with Crippen molar-refractivity contribution in [1.82, 2.24) is 9.55 Å². The molecule has 96 valence electrons. The number of hydrogen-bond donors (Lipinski definition) is 1. The number of halogens is 2. The number of rotatable bonds is 4. The van der Waals surface area contributed by atoms with Crippen molar-refractivity contribution in [2.45, 2.75) is 19.4 Å². The van der Waals surface area contributed by atoms with Crippen LogP contribution in [0.1, 0.15) is 18.8 Å². The van der Waals surface area contributed by atoms with Gasteiger partial charge in [-0.2, -0.15) is 0 Å². The molecule has 4 nitrogen and oxygen atoms in total. The maximum Gasteiger partial charge on any atom is 0.240 e. The van der Waals surface area contributed by atoms with Gasteiger partial charge in [-0.15, -0.1) is 11.6 Å². The summed E-state index contributed by atoms with van der Waals surface area (Å²) in [6.07, 6.45) is 0.560. The molecular formula is C12H13Cl2N3O. The number of para-hydroxylation sites is 1. The van der Waals surface area contributed by atoms with Gasteiger partial charge < -0.3 is 10.3 Å². The lowest BCUT2D eigenvalue weighted by Crippen LogP contribution is -2.25. The molecule has 1 amide bonds. The zero-order chi connectivity index (χ0) is 13.3. The van der Waals surface area contributed by atoms with Crippen molar-refractivity contribution in [2.24, 2.45) is 5.73 Å². The number of aromatic nitrogens is 2. The van der Waals surface area contributed by atoms with Gasteiger partial charge >= 0.3 is 0 Å². The molecule has 2 aromatic rings. The van der Waals surface area contributed by atoms with Crippen molar-refractivity contribution in [3.05, 3.63) is 29.0 Å². The molecule has 2 N–H and O–H groups in total. The minimum atomic E-state index is -0.480. The Morgan fingerprint density at radius 2 is 2.28 bits per heavy atom. The Morgan fingerprint density at radius 3 is 2.89 bits per heavy atom. The molecule has 0 fully saturated rings. The van der Waals surface area contributed by atoms with Crippen LogP contribution in [0.5, 0.6) is 0 Å². The summed E-state index contributed by atoms with van der Waals surface area (Å²) in [5, 5.41) is 0.554. The molecule has 0 aliphatic rings. The summed E-state index contributed by atoms with van der Waals surface area (Å²) in [4.78, 5) is 15.8. The lowest BCUT2D eigenvalue weighted by Gasteiger charge is -2.13.